The van der Waals surface area contributed by atoms with Gasteiger partial charge in [-0.3, -0.25) is 28.7 Å². The van der Waals surface area contributed by atoms with Crippen LogP contribution in [-0.4, -0.2) is 101 Å². The van der Waals surface area contributed by atoms with Crippen LogP contribution in [0.1, 0.15) is 141 Å². The highest BCUT2D eigenvalue weighted by Gasteiger charge is 2.20. The molecule has 0 fully saturated rings. The summed E-state index contributed by atoms with van der Waals surface area (Å²) in [7, 11) is 0. The van der Waals surface area contributed by atoms with Gasteiger partial charge in [-0.1, -0.05) is 13.2 Å². The third-order valence-corrected chi connectivity index (χ3v) is 13.4. The highest BCUT2D eigenvalue weighted by atomic mass is 16.2. The lowest BCUT2D eigenvalue weighted by atomic mass is 10.1. The molecule has 0 spiro atoms. The highest BCUT2D eigenvalue weighted by Crippen LogP contribution is 2.23. The minimum absolute atomic E-state index is 0.0584. The molecule has 0 bridgehead atoms. The van der Waals surface area contributed by atoms with E-state index in [9.17, 15) is 24.0 Å². The fraction of sp³-hybridized carbons (Fsp3) is 0.387. The summed E-state index contributed by atoms with van der Waals surface area (Å²) in [6, 6.07) is 11.0. The van der Waals surface area contributed by atoms with Crippen molar-refractivity contribution >= 4 is 79.3 Å². The highest BCUT2D eigenvalue weighted by molar-refractivity contribution is 5.95. The molecule has 89 heavy (non-hydrogen) atoms. The number of imidazole rings is 2. The summed E-state index contributed by atoms with van der Waals surface area (Å²) in [5.41, 5.74) is 27.9. The van der Waals surface area contributed by atoms with E-state index in [1.54, 1.807) is 78.6 Å². The maximum absolute atomic E-state index is 11.5. The molecule has 9 aromatic heterocycles. The predicted octanol–water partition coefficient (Wildman–Crippen LogP) is 8.28. The Kier molecular flexibility index (Phi) is 23.3. The SMILES string of the molecule is C=C1NC(=O)C(C)=CN1C(C)C.C=C1NC(=O)C=CN1C(C)C.CC(C)(C)n1ccc(N)nc1=O.CC(C)n1ccc2c(N)ccnc21.CC(C)n1cnc2c(=O)[nH]c(N)nc21.CC(C)n1cnc2c(N)ccnc21.Cc1nc2c(ccn2C(C)C)c(=O)[nH]1. The Bertz CT molecular complexity index is 4010. The lowest BCUT2D eigenvalue weighted by molar-refractivity contribution is -0.118. The van der Waals surface area contributed by atoms with Gasteiger partial charge >= 0.3 is 5.69 Å². The number of rotatable bonds is 6. The Hall–Kier alpha value is -10.3. The number of nitrogens with zero attached hydrogens (tertiary/aromatic N) is 14. The van der Waals surface area contributed by atoms with Gasteiger partial charge in [-0.05, 0) is 148 Å². The first kappa shape index (κ1) is 69.4. The predicted molar refractivity (Wildman–Crippen MR) is 355 cm³/mol. The second kappa shape index (κ2) is 29.8. The lowest BCUT2D eigenvalue weighted by Gasteiger charge is -2.31. The Morgan fingerprint density at radius 2 is 1.04 bits per heavy atom. The summed E-state index contributed by atoms with van der Waals surface area (Å²) >= 11 is 0. The minimum atomic E-state index is -0.303. The first-order valence-corrected chi connectivity index (χ1v) is 29.0. The van der Waals surface area contributed by atoms with Crippen LogP contribution in [0.5, 0.6) is 0 Å². The molecule has 27 heteroatoms. The Balaban J connectivity index is 0.000000189. The summed E-state index contributed by atoms with van der Waals surface area (Å²) in [6.45, 7) is 41.6. The number of amides is 2. The van der Waals surface area contributed by atoms with Crippen molar-refractivity contribution in [3.05, 3.63) is 160 Å². The summed E-state index contributed by atoms with van der Waals surface area (Å²) in [4.78, 5) is 93.7. The monoisotopic (exact) mass is 1220 g/mol. The second-order valence-corrected chi connectivity index (χ2v) is 23.5. The number of pyridine rings is 2. The number of nitrogens with two attached hydrogens (primary N) is 4. The van der Waals surface area contributed by atoms with E-state index in [0.717, 1.165) is 39.1 Å². The van der Waals surface area contributed by atoms with Crippen LogP contribution in [0.2, 0.25) is 0 Å². The molecule has 2 amide bonds. The van der Waals surface area contributed by atoms with Crippen LogP contribution in [0, 0.1) is 6.92 Å². The van der Waals surface area contributed by atoms with Crippen molar-refractivity contribution in [3.63, 3.8) is 0 Å². The van der Waals surface area contributed by atoms with Gasteiger partial charge in [0.15, 0.2) is 16.8 Å². The molecular weight excluding hydrogens is 1130 g/mol. The number of carbonyl (C=O) groups is 2. The standard InChI is InChI=1S/C10H13N3O.C10H13N3.C9H12N4.C9H14N2O.C8H11N5O.C8H13N3O.C8H12N2O/c1-6(2)13-5-4-8-9(13)11-7(3)12-10(8)14;1-7(2)13-6-4-8-9(11)3-5-12-10(8)13;1-6(2)13-5-12-8-7(10)3-4-11-9(8)13;1-6(2)11-5-7(3)9(12)10-8(11)4;1-4(2)13-3-10-5-6(13)11-8(9)12-7(5)14;1-8(2,3)11-5-4-6(9)10-7(11)12;1-6(2)10-5-4-8(11)9-7(10)3/h4-6H,1-3H3,(H,11,12,14);3-7H,1-2H3,(H2,11,12);3-6H,1-2H3,(H2,10,11);5-6H,4H2,1-3H3,(H,10,12);3-4H,1-2H3,(H3,9,11,12,14);4-5H,1-3H3,(H2,9,10,12);4-6H,3H2,1-2H3,(H,9,11). The van der Waals surface area contributed by atoms with Crippen molar-refractivity contribution in [3.8, 4) is 0 Å². The van der Waals surface area contributed by atoms with Crippen LogP contribution in [-0.2, 0) is 15.1 Å². The molecule has 2 aliphatic rings. The summed E-state index contributed by atoms with van der Waals surface area (Å²) in [6.07, 6.45) is 17.5. The smallest absolute Gasteiger partial charge is 0.349 e. The van der Waals surface area contributed by atoms with E-state index in [-0.39, 0.29) is 52.0 Å². The summed E-state index contributed by atoms with van der Waals surface area (Å²) < 4.78 is 9.47. The van der Waals surface area contributed by atoms with Crippen LogP contribution in [0.4, 0.5) is 23.1 Å². The van der Waals surface area contributed by atoms with Crippen LogP contribution in [0.3, 0.4) is 0 Å². The first-order chi connectivity index (χ1) is 41.6. The number of H-pyrrole nitrogens is 2. The van der Waals surface area contributed by atoms with Crippen LogP contribution in [0.25, 0.3) is 44.4 Å². The van der Waals surface area contributed by atoms with Crippen molar-refractivity contribution < 1.29 is 9.59 Å². The number of carbonyl (C=O) groups excluding carboxylic acids is 2. The number of hydrogen-bond donors (Lipinski definition) is 8. The third kappa shape index (κ3) is 17.9. The fourth-order valence-corrected chi connectivity index (χ4v) is 8.71. The Labute approximate surface area is 517 Å². The number of aryl methyl sites for hydroxylation is 1. The topological polar surface area (TPSA) is 366 Å². The molecule has 0 atom stereocenters. The molecule has 11 rings (SSSR count). The average molecular weight is 1220 g/mol. The van der Waals surface area contributed by atoms with Crippen LogP contribution >= 0.6 is 0 Å². The van der Waals surface area contributed by atoms with E-state index in [0.29, 0.717) is 69.9 Å². The molecule has 27 nitrogen and oxygen atoms in total. The molecule has 476 valence electrons. The van der Waals surface area contributed by atoms with Gasteiger partial charge in [-0.15, -0.1) is 0 Å². The molecule has 0 aliphatic carbocycles. The lowest BCUT2D eigenvalue weighted by Crippen LogP contribution is -2.40. The normalized spacial score (nSPS) is 13.0. The van der Waals surface area contributed by atoms with Crippen molar-refractivity contribution in [2.45, 2.75) is 159 Å². The van der Waals surface area contributed by atoms with Crippen molar-refractivity contribution in [2.75, 3.05) is 22.9 Å². The molecule has 2 aliphatic heterocycles. The van der Waals surface area contributed by atoms with E-state index in [4.69, 9.17) is 22.9 Å². The van der Waals surface area contributed by atoms with Gasteiger partial charge in [-0.2, -0.15) is 9.97 Å². The molecule has 0 saturated heterocycles. The van der Waals surface area contributed by atoms with Crippen LogP contribution < -0.4 is 50.4 Å². The molecule has 0 radical (unpaired) electrons. The first-order valence-electron chi connectivity index (χ1n) is 29.0. The quantitative estimate of drug-likeness (QED) is 0.0776. The number of nitrogens with one attached hydrogen (secondary N) is 4. The number of aromatic amines is 2. The number of hydrogen-bond acceptors (Lipinski definition) is 18. The number of anilines is 4. The van der Waals surface area contributed by atoms with Crippen molar-refractivity contribution in [1.82, 2.24) is 88.1 Å². The zero-order valence-corrected chi connectivity index (χ0v) is 54.2. The molecule has 0 unspecified atom stereocenters. The van der Waals surface area contributed by atoms with E-state index in [1.807, 2.05) is 112 Å². The molecule has 12 N–H and O–H groups in total. The maximum atomic E-state index is 11.5. The largest absolute Gasteiger partial charge is 0.398 e. The van der Waals surface area contributed by atoms with Crippen molar-refractivity contribution in [1.29, 1.82) is 0 Å². The van der Waals surface area contributed by atoms with E-state index in [2.05, 4.69) is 115 Å². The zero-order chi connectivity index (χ0) is 66.5. The van der Waals surface area contributed by atoms with Gasteiger partial charge in [0.05, 0.1) is 23.7 Å². The maximum Gasteiger partial charge on any atom is 0.349 e. The number of aromatic nitrogens is 14. The van der Waals surface area contributed by atoms with Gasteiger partial charge in [0.25, 0.3) is 22.9 Å². The van der Waals surface area contributed by atoms with Crippen LogP contribution in [0.15, 0.2) is 137 Å². The van der Waals surface area contributed by atoms with E-state index >= 15 is 0 Å². The van der Waals surface area contributed by atoms with E-state index in [1.165, 1.54) is 6.08 Å². The summed E-state index contributed by atoms with van der Waals surface area (Å²) in [5.74, 6) is 2.17. The molecule has 9 aromatic rings. The number of fused-ring (bicyclic) bond motifs is 4. The summed E-state index contributed by atoms with van der Waals surface area (Å²) in [5, 5.41) is 7.00. The van der Waals surface area contributed by atoms with E-state index < -0.39 is 0 Å². The molecular formula is C62H88N22O5. The number of nitrogen functional groups attached to an aromatic ring is 4. The third-order valence-electron chi connectivity index (χ3n) is 13.4. The van der Waals surface area contributed by atoms with Gasteiger partial charge in [-0.25, -0.2) is 29.7 Å². The second-order valence-electron chi connectivity index (χ2n) is 23.5. The fourth-order valence-electron chi connectivity index (χ4n) is 8.71. The van der Waals surface area contributed by atoms with Gasteiger partial charge in [0.1, 0.15) is 40.1 Å². The molecule has 0 aromatic carbocycles. The average Bonchev–Trinajstić information content (AvgIpc) is 2.63. The van der Waals surface area contributed by atoms with Gasteiger partial charge in [0.2, 0.25) is 5.95 Å². The molecule has 0 saturated carbocycles. The minimum Gasteiger partial charge on any atom is -0.398 e. The zero-order valence-electron chi connectivity index (χ0n) is 54.2. The van der Waals surface area contributed by atoms with Gasteiger partial charge in [0, 0.05) is 108 Å². The van der Waals surface area contributed by atoms with Gasteiger partial charge < -0.3 is 66.6 Å². The Morgan fingerprint density at radius 1 is 0.517 bits per heavy atom. The molecule has 11 heterocycles. The Morgan fingerprint density at radius 3 is 1.60 bits per heavy atom. The van der Waals surface area contributed by atoms with Crippen molar-refractivity contribution in [2.24, 2.45) is 0 Å².